The van der Waals surface area contributed by atoms with Gasteiger partial charge in [-0.3, -0.25) is 0 Å². The van der Waals surface area contributed by atoms with Crippen molar-refractivity contribution in [1.29, 1.82) is 0 Å². The van der Waals surface area contributed by atoms with Crippen molar-refractivity contribution >= 4 is 39.0 Å². The summed E-state index contributed by atoms with van der Waals surface area (Å²) in [6.45, 7) is 0. The predicted octanol–water partition coefficient (Wildman–Crippen LogP) is 3.13. The Balaban J connectivity index is 2.15. The standard InChI is InChI=1S/C7H8BrNS2/c8-7-9-6(4-11-7)5-1-2-10-3-5/h4-5H,1-3H2. The summed E-state index contributed by atoms with van der Waals surface area (Å²) in [7, 11) is 0. The maximum Gasteiger partial charge on any atom is 0.159 e. The molecule has 1 unspecified atom stereocenters. The fraction of sp³-hybridized carbons (Fsp3) is 0.571. The molecule has 1 atom stereocenters. The van der Waals surface area contributed by atoms with E-state index in [0.717, 1.165) is 9.83 Å². The van der Waals surface area contributed by atoms with Crippen LogP contribution >= 0.6 is 39.0 Å². The summed E-state index contributed by atoms with van der Waals surface area (Å²) >= 11 is 7.10. The van der Waals surface area contributed by atoms with Crippen molar-refractivity contribution in [3.63, 3.8) is 0 Å². The van der Waals surface area contributed by atoms with Crippen molar-refractivity contribution in [2.24, 2.45) is 0 Å². The number of thioether (sulfide) groups is 1. The fourth-order valence-electron chi connectivity index (χ4n) is 1.22. The van der Waals surface area contributed by atoms with Gasteiger partial charge in [-0.2, -0.15) is 11.8 Å². The summed E-state index contributed by atoms with van der Waals surface area (Å²) in [4.78, 5) is 4.41. The summed E-state index contributed by atoms with van der Waals surface area (Å²) < 4.78 is 1.02. The Kier molecular flexibility index (Phi) is 2.54. The Labute approximate surface area is 82.7 Å². The average molecular weight is 250 g/mol. The van der Waals surface area contributed by atoms with E-state index in [1.54, 1.807) is 11.3 Å². The Morgan fingerprint density at radius 2 is 2.55 bits per heavy atom. The number of nitrogens with zero attached hydrogens (tertiary/aromatic N) is 1. The molecule has 0 radical (unpaired) electrons. The highest BCUT2D eigenvalue weighted by Crippen LogP contribution is 2.33. The minimum absolute atomic E-state index is 0.725. The van der Waals surface area contributed by atoms with Crippen molar-refractivity contribution in [3.05, 3.63) is 15.0 Å². The van der Waals surface area contributed by atoms with Crippen LogP contribution in [0.15, 0.2) is 9.30 Å². The van der Waals surface area contributed by atoms with E-state index >= 15 is 0 Å². The van der Waals surface area contributed by atoms with Crippen LogP contribution in [0.1, 0.15) is 18.0 Å². The van der Waals surface area contributed by atoms with Gasteiger partial charge in [-0.25, -0.2) is 4.98 Å². The lowest BCUT2D eigenvalue weighted by Gasteiger charge is -2.01. The van der Waals surface area contributed by atoms with Gasteiger partial charge in [0.2, 0.25) is 0 Å². The zero-order valence-corrected chi connectivity index (χ0v) is 9.14. The lowest BCUT2D eigenvalue weighted by Crippen LogP contribution is -1.95. The second-order valence-corrected chi connectivity index (χ2v) is 5.87. The second kappa shape index (κ2) is 3.46. The van der Waals surface area contributed by atoms with Crippen LogP contribution in [0.4, 0.5) is 0 Å². The van der Waals surface area contributed by atoms with Crippen molar-refractivity contribution in [3.8, 4) is 0 Å². The molecule has 11 heavy (non-hydrogen) atoms. The molecule has 2 rings (SSSR count). The van der Waals surface area contributed by atoms with Gasteiger partial charge in [0.1, 0.15) is 0 Å². The molecule has 4 heteroatoms. The zero-order valence-electron chi connectivity index (χ0n) is 5.92. The summed E-state index contributed by atoms with van der Waals surface area (Å²) in [6, 6.07) is 0. The van der Waals surface area contributed by atoms with Gasteiger partial charge in [-0.1, -0.05) is 0 Å². The molecule has 2 heterocycles. The van der Waals surface area contributed by atoms with Crippen LogP contribution in [-0.2, 0) is 0 Å². The van der Waals surface area contributed by atoms with E-state index < -0.39 is 0 Å². The van der Waals surface area contributed by atoms with E-state index in [0.29, 0.717) is 0 Å². The Morgan fingerprint density at radius 3 is 3.09 bits per heavy atom. The van der Waals surface area contributed by atoms with Crippen LogP contribution in [0.5, 0.6) is 0 Å². The second-order valence-electron chi connectivity index (χ2n) is 2.59. The lowest BCUT2D eigenvalue weighted by atomic mass is 10.1. The number of aromatic nitrogens is 1. The normalized spacial score (nSPS) is 24.3. The molecule has 1 aromatic heterocycles. The molecule has 1 fully saturated rings. The molecule has 0 aliphatic carbocycles. The van der Waals surface area contributed by atoms with Gasteiger partial charge in [0, 0.05) is 17.1 Å². The molecule has 1 saturated heterocycles. The van der Waals surface area contributed by atoms with Crippen LogP contribution < -0.4 is 0 Å². The molecule has 0 aromatic carbocycles. The number of thiazole rings is 1. The van der Waals surface area contributed by atoms with Gasteiger partial charge in [-0.05, 0) is 28.1 Å². The number of hydrogen-bond donors (Lipinski definition) is 0. The number of hydrogen-bond acceptors (Lipinski definition) is 3. The highest BCUT2D eigenvalue weighted by molar-refractivity contribution is 9.11. The summed E-state index contributed by atoms with van der Waals surface area (Å²) in [5.41, 5.74) is 1.28. The molecule has 1 aliphatic rings. The van der Waals surface area contributed by atoms with Crippen molar-refractivity contribution in [2.45, 2.75) is 12.3 Å². The summed E-state index contributed by atoms with van der Waals surface area (Å²) in [5, 5.41) is 2.17. The van der Waals surface area contributed by atoms with E-state index in [9.17, 15) is 0 Å². The van der Waals surface area contributed by atoms with Gasteiger partial charge < -0.3 is 0 Å². The van der Waals surface area contributed by atoms with Crippen molar-refractivity contribution < 1.29 is 0 Å². The van der Waals surface area contributed by atoms with Crippen LogP contribution in [0.2, 0.25) is 0 Å². The van der Waals surface area contributed by atoms with Crippen LogP contribution in [0, 0.1) is 0 Å². The topological polar surface area (TPSA) is 12.9 Å². The van der Waals surface area contributed by atoms with E-state index in [1.165, 1.54) is 23.6 Å². The van der Waals surface area contributed by atoms with Gasteiger partial charge >= 0.3 is 0 Å². The Hall–Kier alpha value is 0.460. The van der Waals surface area contributed by atoms with Gasteiger partial charge in [0.25, 0.3) is 0 Å². The van der Waals surface area contributed by atoms with E-state index in [-0.39, 0.29) is 0 Å². The largest absolute Gasteiger partial charge is 0.234 e. The Morgan fingerprint density at radius 1 is 1.64 bits per heavy atom. The molecular formula is C7H8BrNS2. The summed E-state index contributed by atoms with van der Waals surface area (Å²) in [6.07, 6.45) is 1.31. The number of halogens is 1. The van der Waals surface area contributed by atoms with Crippen molar-refractivity contribution in [2.75, 3.05) is 11.5 Å². The van der Waals surface area contributed by atoms with E-state index in [1.807, 2.05) is 11.8 Å². The quantitative estimate of drug-likeness (QED) is 0.759. The molecule has 60 valence electrons. The van der Waals surface area contributed by atoms with Gasteiger partial charge in [0.15, 0.2) is 3.92 Å². The zero-order chi connectivity index (χ0) is 7.68. The van der Waals surface area contributed by atoms with Crippen LogP contribution in [-0.4, -0.2) is 16.5 Å². The van der Waals surface area contributed by atoms with Gasteiger partial charge in [0.05, 0.1) is 5.69 Å². The van der Waals surface area contributed by atoms with Crippen LogP contribution in [0.25, 0.3) is 0 Å². The third kappa shape index (κ3) is 1.79. The molecule has 1 aliphatic heterocycles. The molecule has 0 spiro atoms. The summed E-state index contributed by atoms with van der Waals surface area (Å²) in [5.74, 6) is 3.29. The smallest absolute Gasteiger partial charge is 0.159 e. The molecule has 0 saturated carbocycles. The highest BCUT2D eigenvalue weighted by Gasteiger charge is 2.19. The monoisotopic (exact) mass is 249 g/mol. The third-order valence-corrected chi connectivity index (χ3v) is 4.39. The first kappa shape index (κ1) is 8.08. The maximum absolute atomic E-state index is 4.41. The predicted molar refractivity (Wildman–Crippen MR) is 54.5 cm³/mol. The molecule has 1 aromatic rings. The molecule has 1 nitrogen and oxygen atoms in total. The maximum atomic E-state index is 4.41. The first-order chi connectivity index (χ1) is 5.36. The van der Waals surface area contributed by atoms with Crippen molar-refractivity contribution in [1.82, 2.24) is 4.98 Å². The molecule has 0 bridgehead atoms. The SMILES string of the molecule is Brc1nc(C2CCSC2)cs1. The lowest BCUT2D eigenvalue weighted by molar-refractivity contribution is 0.757. The molecule has 0 N–H and O–H groups in total. The average Bonchev–Trinajstić information content (AvgIpc) is 2.55. The Bertz CT molecular complexity index is 242. The fourth-order valence-corrected chi connectivity index (χ4v) is 3.56. The molecular weight excluding hydrogens is 242 g/mol. The minimum Gasteiger partial charge on any atom is -0.234 e. The first-order valence-corrected chi connectivity index (χ1v) is 6.37. The highest BCUT2D eigenvalue weighted by atomic mass is 79.9. The van der Waals surface area contributed by atoms with Gasteiger partial charge in [-0.15, -0.1) is 11.3 Å². The molecule has 0 amide bonds. The number of rotatable bonds is 1. The van der Waals surface area contributed by atoms with E-state index in [2.05, 4.69) is 26.3 Å². The first-order valence-electron chi connectivity index (χ1n) is 3.55. The van der Waals surface area contributed by atoms with E-state index in [4.69, 9.17) is 0 Å². The minimum atomic E-state index is 0.725. The van der Waals surface area contributed by atoms with Crippen LogP contribution in [0.3, 0.4) is 0 Å². The third-order valence-electron chi connectivity index (χ3n) is 1.84.